The monoisotopic (exact) mass is 331 g/mol. The largest absolute Gasteiger partial charge is 0.481 e. The Morgan fingerprint density at radius 3 is 2.38 bits per heavy atom. The minimum Gasteiger partial charge on any atom is -0.481 e. The molecule has 0 radical (unpaired) electrons. The number of carbonyl (C=O) groups excluding carboxylic acids is 1. The molecule has 1 amide bonds. The van der Waals surface area contributed by atoms with E-state index in [-0.39, 0.29) is 24.8 Å². The Kier molecular flexibility index (Phi) is 6.99. The first kappa shape index (κ1) is 17.8. The van der Waals surface area contributed by atoms with E-state index >= 15 is 0 Å². The highest BCUT2D eigenvalue weighted by molar-refractivity contribution is 6.42. The number of carbonyl (C=O) groups is 2. The van der Waals surface area contributed by atoms with Gasteiger partial charge in [0.25, 0.3) is 0 Å². The summed E-state index contributed by atoms with van der Waals surface area (Å²) in [6, 6.07) is 5.29. The molecule has 4 nitrogen and oxygen atoms in total. The fraction of sp³-hybridized carbons (Fsp3) is 0.467. The molecule has 1 aromatic rings. The number of aliphatic carboxylic acids is 1. The number of nitrogens with zero attached hydrogens (tertiary/aromatic N) is 1. The first-order valence-electron chi connectivity index (χ1n) is 6.76. The van der Waals surface area contributed by atoms with Crippen LogP contribution in [0.1, 0.15) is 38.7 Å². The zero-order valence-electron chi connectivity index (χ0n) is 12.1. The number of amides is 1. The summed E-state index contributed by atoms with van der Waals surface area (Å²) < 4.78 is 0. The maximum atomic E-state index is 12.2. The second-order valence-corrected chi connectivity index (χ2v) is 5.93. The molecule has 0 unspecified atom stereocenters. The third-order valence-corrected chi connectivity index (χ3v) is 3.80. The lowest BCUT2D eigenvalue weighted by atomic mass is 10.1. The van der Waals surface area contributed by atoms with E-state index in [0.29, 0.717) is 23.0 Å². The third kappa shape index (κ3) is 5.94. The number of carboxylic acid groups (broad SMARTS) is 1. The van der Waals surface area contributed by atoms with Gasteiger partial charge in [-0.3, -0.25) is 9.59 Å². The van der Waals surface area contributed by atoms with Crippen molar-refractivity contribution >= 4 is 35.1 Å². The van der Waals surface area contributed by atoms with Crippen molar-refractivity contribution in [1.82, 2.24) is 4.90 Å². The van der Waals surface area contributed by atoms with Crippen LogP contribution in [0.3, 0.4) is 0 Å². The van der Waals surface area contributed by atoms with E-state index in [9.17, 15) is 9.59 Å². The Labute approximate surface area is 134 Å². The van der Waals surface area contributed by atoms with Crippen LogP contribution in [0.4, 0.5) is 0 Å². The lowest BCUT2D eigenvalue weighted by molar-refractivity contribution is -0.137. The van der Waals surface area contributed by atoms with Crippen molar-refractivity contribution in [3.05, 3.63) is 33.8 Å². The van der Waals surface area contributed by atoms with E-state index in [0.717, 1.165) is 5.56 Å². The van der Waals surface area contributed by atoms with Gasteiger partial charge in [0.2, 0.25) is 5.91 Å². The van der Waals surface area contributed by atoms with Crippen LogP contribution in [0.2, 0.25) is 10.0 Å². The van der Waals surface area contributed by atoms with Crippen LogP contribution in [0.5, 0.6) is 0 Å². The maximum Gasteiger partial charge on any atom is 0.303 e. The van der Waals surface area contributed by atoms with Gasteiger partial charge in [-0.2, -0.15) is 0 Å². The summed E-state index contributed by atoms with van der Waals surface area (Å²) in [5, 5.41) is 9.54. The highest BCUT2D eigenvalue weighted by Gasteiger charge is 2.17. The molecule has 6 heteroatoms. The van der Waals surface area contributed by atoms with Crippen LogP contribution in [0.25, 0.3) is 0 Å². The van der Waals surface area contributed by atoms with Gasteiger partial charge in [-0.15, -0.1) is 0 Å². The third-order valence-electron chi connectivity index (χ3n) is 3.06. The van der Waals surface area contributed by atoms with Gasteiger partial charge in [0.1, 0.15) is 0 Å². The fourth-order valence-corrected chi connectivity index (χ4v) is 2.25. The van der Waals surface area contributed by atoms with Crippen molar-refractivity contribution in [3.63, 3.8) is 0 Å². The van der Waals surface area contributed by atoms with Crippen molar-refractivity contribution in [2.24, 2.45) is 0 Å². The molecule has 0 spiro atoms. The van der Waals surface area contributed by atoms with Gasteiger partial charge in [0.05, 0.1) is 10.0 Å². The molecular weight excluding hydrogens is 313 g/mol. The molecule has 0 saturated carbocycles. The Hall–Kier alpha value is -1.26. The zero-order valence-corrected chi connectivity index (χ0v) is 13.6. The number of hydrogen-bond acceptors (Lipinski definition) is 2. The molecular formula is C15H19Cl2NO3. The van der Waals surface area contributed by atoms with Gasteiger partial charge < -0.3 is 10.0 Å². The number of carboxylic acids is 1. The molecule has 1 N–H and O–H groups in total. The molecule has 1 rings (SSSR count). The minimum absolute atomic E-state index is 0.00441. The van der Waals surface area contributed by atoms with E-state index in [1.54, 1.807) is 17.0 Å². The fourth-order valence-electron chi connectivity index (χ4n) is 1.93. The van der Waals surface area contributed by atoms with E-state index in [1.165, 1.54) is 0 Å². The van der Waals surface area contributed by atoms with Gasteiger partial charge >= 0.3 is 5.97 Å². The Balaban J connectivity index is 2.70. The molecule has 0 aliphatic rings. The summed E-state index contributed by atoms with van der Waals surface area (Å²) in [5.74, 6) is -0.944. The van der Waals surface area contributed by atoms with Crippen molar-refractivity contribution in [1.29, 1.82) is 0 Å². The summed E-state index contributed by atoms with van der Waals surface area (Å²) in [6.45, 7) is 4.28. The van der Waals surface area contributed by atoms with Gasteiger partial charge in [-0.05, 0) is 38.0 Å². The topological polar surface area (TPSA) is 57.6 Å². The Morgan fingerprint density at radius 1 is 1.19 bits per heavy atom. The number of hydrogen-bond donors (Lipinski definition) is 1. The minimum atomic E-state index is -0.886. The highest BCUT2D eigenvalue weighted by atomic mass is 35.5. The van der Waals surface area contributed by atoms with Crippen molar-refractivity contribution < 1.29 is 14.7 Å². The van der Waals surface area contributed by atoms with E-state index in [4.69, 9.17) is 28.3 Å². The smallest absolute Gasteiger partial charge is 0.303 e. The summed E-state index contributed by atoms with van der Waals surface area (Å²) in [7, 11) is 0. The molecule has 0 aliphatic heterocycles. The quantitative estimate of drug-likeness (QED) is 0.821. The average molecular weight is 332 g/mol. The second kappa shape index (κ2) is 8.25. The SMILES string of the molecule is CC(C)N(Cc1ccc(Cl)c(Cl)c1)C(=O)CCCC(=O)O. The van der Waals surface area contributed by atoms with Crippen LogP contribution >= 0.6 is 23.2 Å². The van der Waals surface area contributed by atoms with Crippen LogP contribution in [0, 0.1) is 0 Å². The number of halogens is 2. The average Bonchev–Trinajstić information content (AvgIpc) is 2.39. The summed E-state index contributed by atoms with van der Waals surface area (Å²) in [4.78, 5) is 24.4. The van der Waals surface area contributed by atoms with E-state index in [2.05, 4.69) is 0 Å². The maximum absolute atomic E-state index is 12.2. The lowest BCUT2D eigenvalue weighted by Crippen LogP contribution is -2.36. The van der Waals surface area contributed by atoms with Gasteiger partial charge in [-0.1, -0.05) is 29.3 Å². The van der Waals surface area contributed by atoms with Crippen LogP contribution in [-0.4, -0.2) is 27.9 Å². The molecule has 0 aromatic heterocycles. The molecule has 0 aliphatic carbocycles. The van der Waals surface area contributed by atoms with Crippen molar-refractivity contribution in [3.8, 4) is 0 Å². The van der Waals surface area contributed by atoms with Crippen LogP contribution in [0.15, 0.2) is 18.2 Å². The standard InChI is InChI=1S/C15H19Cl2NO3/c1-10(2)18(14(19)4-3-5-15(20)21)9-11-6-7-12(16)13(17)8-11/h6-8,10H,3-5,9H2,1-2H3,(H,20,21). The molecule has 1 aromatic carbocycles. The molecule has 0 saturated heterocycles. The van der Waals surface area contributed by atoms with Gasteiger partial charge in [0, 0.05) is 25.4 Å². The van der Waals surface area contributed by atoms with E-state index < -0.39 is 5.97 Å². The summed E-state index contributed by atoms with van der Waals surface area (Å²) >= 11 is 11.8. The molecule has 0 heterocycles. The number of benzene rings is 1. The zero-order chi connectivity index (χ0) is 16.0. The molecule has 0 bridgehead atoms. The molecule has 0 atom stereocenters. The first-order chi connectivity index (χ1) is 9.81. The van der Waals surface area contributed by atoms with E-state index in [1.807, 2.05) is 19.9 Å². The first-order valence-corrected chi connectivity index (χ1v) is 7.52. The van der Waals surface area contributed by atoms with Gasteiger partial charge in [0.15, 0.2) is 0 Å². The molecule has 0 fully saturated rings. The second-order valence-electron chi connectivity index (χ2n) is 5.11. The predicted octanol–water partition coefficient (Wildman–Crippen LogP) is 3.99. The van der Waals surface area contributed by atoms with Crippen molar-refractivity contribution in [2.75, 3.05) is 0 Å². The Morgan fingerprint density at radius 2 is 1.86 bits per heavy atom. The predicted molar refractivity (Wildman–Crippen MR) is 83.6 cm³/mol. The normalized spacial score (nSPS) is 10.7. The Bertz CT molecular complexity index is 518. The van der Waals surface area contributed by atoms with Crippen LogP contribution in [-0.2, 0) is 16.1 Å². The number of rotatable bonds is 7. The van der Waals surface area contributed by atoms with Crippen molar-refractivity contribution in [2.45, 2.75) is 45.7 Å². The molecule has 21 heavy (non-hydrogen) atoms. The summed E-state index contributed by atoms with van der Waals surface area (Å²) in [5.41, 5.74) is 0.893. The summed E-state index contributed by atoms with van der Waals surface area (Å²) in [6.07, 6.45) is 0.578. The lowest BCUT2D eigenvalue weighted by Gasteiger charge is -2.27. The van der Waals surface area contributed by atoms with Gasteiger partial charge in [-0.25, -0.2) is 0 Å². The highest BCUT2D eigenvalue weighted by Crippen LogP contribution is 2.23. The van der Waals surface area contributed by atoms with Crippen LogP contribution < -0.4 is 0 Å². The molecule has 116 valence electrons.